The first kappa shape index (κ1) is 15.4. The lowest BCUT2D eigenvalue weighted by Crippen LogP contribution is -2.41. The van der Waals surface area contributed by atoms with Crippen molar-refractivity contribution >= 4 is 10.8 Å². The van der Waals surface area contributed by atoms with Gasteiger partial charge in [-0.15, -0.1) is 0 Å². The van der Waals surface area contributed by atoms with E-state index < -0.39 is 10.8 Å². The Hall–Kier alpha value is -1.53. The van der Waals surface area contributed by atoms with E-state index in [1.165, 1.54) is 11.1 Å². The molecule has 2 atom stereocenters. The summed E-state index contributed by atoms with van der Waals surface area (Å²) < 4.78 is 13.9. The van der Waals surface area contributed by atoms with E-state index in [-0.39, 0.29) is 6.04 Å². The third-order valence-corrected chi connectivity index (χ3v) is 5.52. The minimum Gasteiger partial charge on any atom is -0.294 e. The Morgan fingerprint density at radius 1 is 1.36 bits per heavy atom. The maximum absolute atomic E-state index is 12.0. The lowest BCUT2D eigenvalue weighted by molar-refractivity contribution is 0.221. The summed E-state index contributed by atoms with van der Waals surface area (Å²) >= 11 is 0. The number of aromatic nitrogens is 3. The Balaban J connectivity index is 1.71. The van der Waals surface area contributed by atoms with Crippen molar-refractivity contribution in [1.82, 2.24) is 19.7 Å². The zero-order valence-corrected chi connectivity index (χ0v) is 13.7. The number of aryl methyl sites for hydroxylation is 1. The van der Waals surface area contributed by atoms with E-state index in [0.717, 1.165) is 31.8 Å². The standard InChI is InChI=1S/C16H22N4OS/c1-2-20-12-15(11-18-20)16-13-22(21)10-9-19(16)8-5-14-3-6-17-7-4-14/h3-4,6-7,11-12,16H,2,5,8-10,13H2,1H3/t16-,22-/m1/s1. The molecule has 1 aliphatic heterocycles. The Bertz CT molecular complexity index is 628. The first-order valence-corrected chi connectivity index (χ1v) is 9.25. The van der Waals surface area contributed by atoms with Crippen molar-refractivity contribution in [2.24, 2.45) is 0 Å². The van der Waals surface area contributed by atoms with Gasteiger partial charge in [-0.3, -0.25) is 18.8 Å². The molecule has 2 aromatic rings. The summed E-state index contributed by atoms with van der Waals surface area (Å²) in [6.07, 6.45) is 8.68. The minimum absolute atomic E-state index is 0.219. The van der Waals surface area contributed by atoms with Gasteiger partial charge in [0.05, 0.1) is 6.20 Å². The Morgan fingerprint density at radius 2 is 2.18 bits per heavy atom. The van der Waals surface area contributed by atoms with Crippen LogP contribution in [0.5, 0.6) is 0 Å². The van der Waals surface area contributed by atoms with Gasteiger partial charge < -0.3 is 0 Å². The van der Waals surface area contributed by atoms with Crippen LogP contribution >= 0.6 is 0 Å². The van der Waals surface area contributed by atoms with Crippen LogP contribution in [0.15, 0.2) is 36.9 Å². The summed E-state index contributed by atoms with van der Waals surface area (Å²) in [5.41, 5.74) is 2.48. The van der Waals surface area contributed by atoms with Crippen LogP contribution in [0.2, 0.25) is 0 Å². The van der Waals surface area contributed by atoms with Crippen molar-refractivity contribution in [1.29, 1.82) is 0 Å². The Labute approximate surface area is 133 Å². The topological polar surface area (TPSA) is 51.0 Å². The van der Waals surface area contributed by atoms with Crippen LogP contribution in [0.3, 0.4) is 0 Å². The number of pyridine rings is 1. The van der Waals surface area contributed by atoms with Crippen molar-refractivity contribution in [2.45, 2.75) is 25.9 Å². The van der Waals surface area contributed by atoms with Crippen molar-refractivity contribution in [3.8, 4) is 0 Å². The molecule has 5 nitrogen and oxygen atoms in total. The smallest absolute Gasteiger partial charge is 0.0538 e. The molecule has 0 aromatic carbocycles. The number of hydrogen-bond acceptors (Lipinski definition) is 4. The molecule has 1 aliphatic rings. The van der Waals surface area contributed by atoms with E-state index in [4.69, 9.17) is 0 Å². The predicted molar refractivity (Wildman–Crippen MR) is 88.0 cm³/mol. The molecule has 6 heteroatoms. The molecule has 0 amide bonds. The molecule has 3 heterocycles. The molecule has 0 bridgehead atoms. The highest BCUT2D eigenvalue weighted by Gasteiger charge is 2.28. The van der Waals surface area contributed by atoms with Crippen LogP contribution < -0.4 is 0 Å². The van der Waals surface area contributed by atoms with Gasteiger partial charge in [0, 0.05) is 72.1 Å². The molecule has 0 unspecified atom stereocenters. The second kappa shape index (κ2) is 7.15. The summed E-state index contributed by atoms with van der Waals surface area (Å²) in [4.78, 5) is 6.50. The van der Waals surface area contributed by atoms with Crippen LogP contribution in [0.25, 0.3) is 0 Å². The van der Waals surface area contributed by atoms with Gasteiger partial charge in [0.15, 0.2) is 0 Å². The average Bonchev–Trinajstić information content (AvgIpc) is 3.03. The van der Waals surface area contributed by atoms with Crippen LogP contribution in [0, 0.1) is 0 Å². The van der Waals surface area contributed by atoms with E-state index in [1.807, 2.05) is 23.3 Å². The number of rotatable bonds is 5. The van der Waals surface area contributed by atoms with E-state index >= 15 is 0 Å². The average molecular weight is 318 g/mol. The molecule has 22 heavy (non-hydrogen) atoms. The molecule has 0 spiro atoms. The Kier molecular flexibility index (Phi) is 5.00. The van der Waals surface area contributed by atoms with Crippen molar-refractivity contribution < 1.29 is 4.21 Å². The van der Waals surface area contributed by atoms with Gasteiger partial charge in [0.1, 0.15) is 0 Å². The van der Waals surface area contributed by atoms with Gasteiger partial charge >= 0.3 is 0 Å². The summed E-state index contributed by atoms with van der Waals surface area (Å²) in [6.45, 7) is 4.81. The lowest BCUT2D eigenvalue weighted by atomic mass is 10.1. The van der Waals surface area contributed by atoms with E-state index in [0.29, 0.717) is 5.75 Å². The molecule has 0 N–H and O–H groups in total. The number of hydrogen-bond donors (Lipinski definition) is 0. The largest absolute Gasteiger partial charge is 0.294 e. The third-order valence-electron chi connectivity index (χ3n) is 4.19. The zero-order chi connectivity index (χ0) is 15.4. The zero-order valence-electron chi connectivity index (χ0n) is 12.9. The van der Waals surface area contributed by atoms with Gasteiger partial charge in [-0.1, -0.05) is 0 Å². The van der Waals surface area contributed by atoms with Gasteiger partial charge in [0.2, 0.25) is 0 Å². The lowest BCUT2D eigenvalue weighted by Gasteiger charge is -2.34. The van der Waals surface area contributed by atoms with E-state index in [9.17, 15) is 4.21 Å². The normalized spacial score (nSPS) is 22.8. The van der Waals surface area contributed by atoms with Crippen molar-refractivity contribution in [3.05, 3.63) is 48.0 Å². The van der Waals surface area contributed by atoms with Crippen LogP contribution in [-0.4, -0.2) is 48.5 Å². The molecule has 0 saturated carbocycles. The fourth-order valence-corrected chi connectivity index (χ4v) is 4.22. The fourth-order valence-electron chi connectivity index (χ4n) is 2.86. The molecular weight excluding hydrogens is 296 g/mol. The third kappa shape index (κ3) is 3.62. The Morgan fingerprint density at radius 3 is 2.91 bits per heavy atom. The van der Waals surface area contributed by atoms with E-state index in [1.54, 1.807) is 0 Å². The SMILES string of the molecule is CCn1cc([C@H]2C[S@](=O)CCN2CCc2ccncc2)cn1. The fraction of sp³-hybridized carbons (Fsp3) is 0.500. The maximum Gasteiger partial charge on any atom is 0.0538 e. The van der Waals surface area contributed by atoms with Gasteiger partial charge in [0.25, 0.3) is 0 Å². The highest BCUT2D eigenvalue weighted by Crippen LogP contribution is 2.25. The molecule has 118 valence electrons. The van der Waals surface area contributed by atoms with Crippen LogP contribution in [0.4, 0.5) is 0 Å². The van der Waals surface area contributed by atoms with Gasteiger partial charge in [-0.05, 0) is 31.0 Å². The van der Waals surface area contributed by atoms with Crippen LogP contribution in [-0.2, 0) is 23.8 Å². The quantitative estimate of drug-likeness (QED) is 0.841. The molecule has 3 rings (SSSR count). The summed E-state index contributed by atoms with van der Waals surface area (Å²) in [5, 5.41) is 4.37. The monoisotopic (exact) mass is 318 g/mol. The molecule has 0 radical (unpaired) electrons. The summed E-state index contributed by atoms with van der Waals surface area (Å²) in [7, 11) is -0.721. The molecule has 1 fully saturated rings. The summed E-state index contributed by atoms with van der Waals surface area (Å²) in [6, 6.07) is 4.34. The highest BCUT2D eigenvalue weighted by molar-refractivity contribution is 7.85. The molecular formula is C16H22N4OS. The van der Waals surface area contributed by atoms with Gasteiger partial charge in [-0.2, -0.15) is 5.10 Å². The maximum atomic E-state index is 12.0. The first-order chi connectivity index (χ1) is 10.8. The summed E-state index contributed by atoms with van der Waals surface area (Å²) in [5.74, 6) is 1.49. The highest BCUT2D eigenvalue weighted by atomic mass is 32.2. The molecule has 1 saturated heterocycles. The van der Waals surface area contributed by atoms with E-state index in [2.05, 4.69) is 40.2 Å². The number of nitrogens with zero attached hydrogens (tertiary/aromatic N) is 4. The second-order valence-electron chi connectivity index (χ2n) is 5.60. The molecule has 2 aromatic heterocycles. The molecule has 0 aliphatic carbocycles. The van der Waals surface area contributed by atoms with Crippen LogP contribution in [0.1, 0.15) is 24.1 Å². The first-order valence-electron chi connectivity index (χ1n) is 7.76. The van der Waals surface area contributed by atoms with Gasteiger partial charge in [-0.25, -0.2) is 0 Å². The van der Waals surface area contributed by atoms with Crippen molar-refractivity contribution in [2.75, 3.05) is 24.6 Å². The minimum atomic E-state index is -0.721. The second-order valence-corrected chi connectivity index (χ2v) is 7.22. The predicted octanol–water partition coefficient (Wildman–Crippen LogP) is 1.65. The van der Waals surface area contributed by atoms with Crippen molar-refractivity contribution in [3.63, 3.8) is 0 Å².